The highest BCUT2D eigenvalue weighted by atomic mass is 35.5. The van der Waals surface area contributed by atoms with E-state index in [-0.39, 0.29) is 67.7 Å². The number of anilines is 3. The Morgan fingerprint density at radius 2 is 1.95 bits per heavy atom. The Kier molecular flexibility index (Phi) is 11.2. The number of fused-ring (bicyclic) bond motifs is 2. The van der Waals surface area contributed by atoms with Gasteiger partial charge in [-0.25, -0.2) is 18.9 Å². The van der Waals surface area contributed by atoms with Gasteiger partial charge in [0.25, 0.3) is 11.8 Å². The summed E-state index contributed by atoms with van der Waals surface area (Å²) in [5.41, 5.74) is 2.63. The average Bonchev–Trinajstić information content (AvgIpc) is 3.74. The van der Waals surface area contributed by atoms with E-state index in [4.69, 9.17) is 25.8 Å². The molecule has 0 saturated carbocycles. The average molecular weight is 816 g/mol. The third kappa shape index (κ3) is 7.81. The van der Waals surface area contributed by atoms with Gasteiger partial charge in [0.05, 0.1) is 37.8 Å². The topological polar surface area (TPSA) is 213 Å². The summed E-state index contributed by atoms with van der Waals surface area (Å²) in [7, 11) is 2.96. The van der Waals surface area contributed by atoms with E-state index >= 15 is 0 Å². The molecule has 20 heteroatoms. The maximum atomic E-state index is 14.3. The van der Waals surface area contributed by atoms with Crippen LogP contribution >= 0.6 is 11.6 Å². The molecule has 2 aliphatic heterocycles. The van der Waals surface area contributed by atoms with Crippen LogP contribution in [0.3, 0.4) is 0 Å². The molecule has 58 heavy (non-hydrogen) atoms. The molecule has 4 amide bonds. The third-order valence-corrected chi connectivity index (χ3v) is 10.1. The lowest BCUT2D eigenvalue weighted by atomic mass is 10.0. The molecule has 18 nitrogen and oxygen atoms in total. The van der Waals surface area contributed by atoms with Crippen LogP contribution in [-0.4, -0.2) is 85.4 Å². The Hall–Kier alpha value is -6.73. The zero-order valence-electron chi connectivity index (χ0n) is 31.2. The van der Waals surface area contributed by atoms with Crippen molar-refractivity contribution in [3.05, 3.63) is 98.8 Å². The molecule has 2 unspecified atom stereocenters. The van der Waals surface area contributed by atoms with Crippen LogP contribution in [-0.2, 0) is 39.3 Å². The Bertz CT molecular complexity index is 2480. The number of rotatable bonds is 14. The van der Waals surface area contributed by atoms with Crippen molar-refractivity contribution in [2.45, 2.75) is 45.0 Å². The minimum atomic E-state index is -0.944. The maximum absolute atomic E-state index is 14.3. The predicted octanol–water partition coefficient (Wildman–Crippen LogP) is 4.59. The molecular formula is C38H35ClFN9O9. The molecule has 2 aromatic heterocycles. The fraction of sp³-hybridized carbons (Fsp3) is 0.289. The van der Waals surface area contributed by atoms with E-state index in [9.17, 15) is 33.7 Å². The molecule has 2 N–H and O–H groups in total. The number of nitro groups is 1. The number of carbonyl (C=O) groups is 4. The highest BCUT2D eigenvalue weighted by Gasteiger charge is 2.40. The smallest absolute Gasteiger partial charge is 0.434 e. The molecular weight excluding hydrogens is 781 g/mol. The fourth-order valence-corrected chi connectivity index (χ4v) is 6.96. The third-order valence-electron chi connectivity index (χ3n) is 9.83. The van der Waals surface area contributed by atoms with Crippen LogP contribution in [0.5, 0.6) is 11.5 Å². The van der Waals surface area contributed by atoms with Crippen LogP contribution in [0.1, 0.15) is 41.4 Å². The van der Waals surface area contributed by atoms with Crippen LogP contribution < -0.4 is 25.0 Å². The number of methoxy groups -OCH3 is 1. The largest absolute Gasteiger partial charge is 0.493 e. The van der Waals surface area contributed by atoms with E-state index < -0.39 is 34.7 Å². The summed E-state index contributed by atoms with van der Waals surface area (Å²) in [5, 5.41) is 17.0. The monoisotopic (exact) mass is 815 g/mol. The number of hydrogen-bond acceptors (Lipinski definition) is 13. The van der Waals surface area contributed by atoms with Gasteiger partial charge in [0.1, 0.15) is 48.6 Å². The highest BCUT2D eigenvalue weighted by molar-refractivity contribution is 6.31. The standard InChI is InChI=1S/C38H35ClFN9O9/c1-20(35(51)44-28-6-4-5-23-25(28)18-48(37(23)53)30-9-10-33(50)45-36(30)52)57-11-12-58-32-14-24-29(15-31(32)56-3)42-19-43-34(24)47(21-7-8-27(40)26(39)13-21)17-22-16-41-38(46(22)2)49(54)55/h4-8,13-16,19-20,30H,9-12,17-18H2,1-3H3,(H,44,51)(H,45,50,52). The molecule has 1 saturated heterocycles. The number of carbonyl (C=O) groups excluding carboxylic acids is 4. The number of hydrogen-bond donors (Lipinski definition) is 2. The zero-order chi connectivity index (χ0) is 41.2. The lowest BCUT2D eigenvalue weighted by Gasteiger charge is -2.29. The second-order valence-electron chi connectivity index (χ2n) is 13.4. The molecule has 2 aliphatic rings. The van der Waals surface area contributed by atoms with Crippen molar-refractivity contribution in [1.82, 2.24) is 29.7 Å². The number of benzene rings is 3. The van der Waals surface area contributed by atoms with E-state index in [1.165, 1.54) is 54.3 Å². The quantitative estimate of drug-likeness (QED) is 0.0680. The molecule has 5 aromatic rings. The molecule has 2 atom stereocenters. The van der Waals surface area contributed by atoms with Crippen LogP contribution in [0.4, 0.5) is 27.5 Å². The fourth-order valence-electron chi connectivity index (χ4n) is 6.78. The SMILES string of the molecule is COc1cc2ncnc(N(Cc3cnc([N+](=O)[O-])n3C)c3ccc(F)c(Cl)c3)c2cc1OCCOC(C)C(=O)Nc1cccc2c1CN(C1CCC(=O)NC1=O)C2=O. The second-order valence-corrected chi connectivity index (χ2v) is 13.8. The summed E-state index contributed by atoms with van der Waals surface area (Å²) >= 11 is 6.18. The molecule has 4 heterocycles. The minimum Gasteiger partial charge on any atom is -0.493 e. The van der Waals surface area contributed by atoms with Gasteiger partial charge in [-0.2, -0.15) is 0 Å². The molecule has 1 fully saturated rings. The molecule has 0 bridgehead atoms. The second kappa shape index (κ2) is 16.4. The summed E-state index contributed by atoms with van der Waals surface area (Å²) in [6, 6.07) is 11.5. The number of piperidine rings is 1. The Labute approximate surface area is 334 Å². The van der Waals surface area contributed by atoms with Gasteiger partial charge in [-0.1, -0.05) is 22.7 Å². The van der Waals surface area contributed by atoms with Crippen LogP contribution in [0.15, 0.2) is 61.1 Å². The van der Waals surface area contributed by atoms with Crippen LogP contribution in [0.2, 0.25) is 5.02 Å². The Morgan fingerprint density at radius 3 is 2.67 bits per heavy atom. The lowest BCUT2D eigenvalue weighted by Crippen LogP contribution is -2.52. The first-order chi connectivity index (χ1) is 27.8. The van der Waals surface area contributed by atoms with E-state index in [0.717, 1.165) is 0 Å². The van der Waals surface area contributed by atoms with Gasteiger partial charge in [-0.15, -0.1) is 0 Å². The number of imidazole rings is 1. The van der Waals surface area contributed by atoms with Crippen molar-refractivity contribution in [3.8, 4) is 11.5 Å². The molecule has 7 rings (SSSR count). The lowest BCUT2D eigenvalue weighted by molar-refractivity contribution is -0.396. The summed E-state index contributed by atoms with van der Waals surface area (Å²) in [6.45, 7) is 1.62. The van der Waals surface area contributed by atoms with E-state index in [2.05, 4.69) is 25.6 Å². The van der Waals surface area contributed by atoms with Crippen molar-refractivity contribution >= 4 is 69.3 Å². The molecule has 0 aliphatic carbocycles. The number of nitrogens with zero attached hydrogens (tertiary/aromatic N) is 7. The molecule has 3 aromatic carbocycles. The number of halogens is 2. The zero-order valence-corrected chi connectivity index (χ0v) is 32.0. The number of ether oxygens (including phenoxy) is 3. The highest BCUT2D eigenvalue weighted by Crippen LogP contribution is 2.39. The van der Waals surface area contributed by atoms with Crippen LogP contribution in [0.25, 0.3) is 10.9 Å². The van der Waals surface area contributed by atoms with Gasteiger partial charge in [0.2, 0.25) is 11.8 Å². The molecule has 300 valence electrons. The van der Waals surface area contributed by atoms with Crippen molar-refractivity contribution in [2.75, 3.05) is 30.5 Å². The summed E-state index contributed by atoms with van der Waals surface area (Å²) in [5.74, 6) is -1.82. The number of imide groups is 1. The van der Waals surface area contributed by atoms with Gasteiger partial charge in [0, 0.05) is 46.9 Å². The van der Waals surface area contributed by atoms with Crippen molar-refractivity contribution in [2.24, 2.45) is 7.05 Å². The van der Waals surface area contributed by atoms with Gasteiger partial charge >= 0.3 is 5.95 Å². The van der Waals surface area contributed by atoms with E-state index in [0.29, 0.717) is 50.7 Å². The first-order valence-electron chi connectivity index (χ1n) is 17.9. The normalized spacial score (nSPS) is 15.6. The minimum absolute atomic E-state index is 0.0155. The first-order valence-corrected chi connectivity index (χ1v) is 18.2. The van der Waals surface area contributed by atoms with Crippen molar-refractivity contribution in [1.29, 1.82) is 0 Å². The number of nitrogens with one attached hydrogen (secondary N) is 2. The van der Waals surface area contributed by atoms with Gasteiger partial charge in [-0.05, 0) is 54.7 Å². The Balaban J connectivity index is 1.05. The summed E-state index contributed by atoms with van der Waals surface area (Å²) in [4.78, 5) is 77.4. The first kappa shape index (κ1) is 39.5. The summed E-state index contributed by atoms with van der Waals surface area (Å²) < 4.78 is 33.1. The van der Waals surface area contributed by atoms with E-state index in [1.807, 2.05) is 0 Å². The van der Waals surface area contributed by atoms with Crippen molar-refractivity contribution in [3.63, 3.8) is 0 Å². The predicted molar refractivity (Wildman–Crippen MR) is 205 cm³/mol. The van der Waals surface area contributed by atoms with Crippen molar-refractivity contribution < 1.29 is 42.7 Å². The maximum Gasteiger partial charge on any atom is 0.434 e. The number of amides is 4. The molecule has 0 radical (unpaired) electrons. The summed E-state index contributed by atoms with van der Waals surface area (Å²) in [6.07, 6.45) is 2.08. The van der Waals surface area contributed by atoms with Gasteiger partial charge in [-0.3, -0.25) is 24.5 Å². The van der Waals surface area contributed by atoms with Crippen LogP contribution in [0, 0.1) is 15.9 Å². The Morgan fingerprint density at radius 1 is 1.14 bits per heavy atom. The van der Waals surface area contributed by atoms with Gasteiger partial charge in [0.15, 0.2) is 11.5 Å². The number of aromatic nitrogens is 4. The molecule has 0 spiro atoms. The van der Waals surface area contributed by atoms with Gasteiger partial charge < -0.3 is 39.4 Å². The van der Waals surface area contributed by atoms with E-state index in [1.54, 1.807) is 42.2 Å².